The summed E-state index contributed by atoms with van der Waals surface area (Å²) in [6.45, 7) is 1.21. The number of ether oxygens (including phenoxy) is 1. The van der Waals surface area contributed by atoms with Crippen molar-refractivity contribution in [2.45, 2.75) is 13.0 Å². The summed E-state index contributed by atoms with van der Waals surface area (Å²) in [4.78, 5) is 13.2. The fourth-order valence-corrected chi connectivity index (χ4v) is 4.12. The average Bonchev–Trinajstić information content (AvgIpc) is 2.80. The highest BCUT2D eigenvalue weighted by Gasteiger charge is 2.23. The third-order valence-corrected chi connectivity index (χ3v) is 7.06. The molecule has 0 saturated heterocycles. The van der Waals surface area contributed by atoms with Crippen LogP contribution in [0.2, 0.25) is 0 Å². The molecule has 37 heavy (non-hydrogen) atoms. The lowest BCUT2D eigenvalue weighted by Gasteiger charge is -2.19. The summed E-state index contributed by atoms with van der Waals surface area (Å²) in [6, 6.07) is 11.5. The maximum absolute atomic E-state index is 14.7. The van der Waals surface area contributed by atoms with Crippen LogP contribution in [-0.4, -0.2) is 50.5 Å². The number of amides is 1. The quantitative estimate of drug-likeness (QED) is 0.242. The monoisotopic (exact) mass is 646 g/mol. The molecule has 1 unspecified atom stereocenters. The predicted molar refractivity (Wildman–Crippen MR) is 146 cm³/mol. The third kappa shape index (κ3) is 7.50. The van der Waals surface area contributed by atoms with Gasteiger partial charge >= 0.3 is 10.2 Å². The van der Waals surface area contributed by atoms with E-state index in [-0.39, 0.29) is 40.7 Å². The lowest BCUT2D eigenvalue weighted by molar-refractivity contribution is 0.0921. The predicted octanol–water partition coefficient (Wildman–Crippen LogP) is 4.43. The van der Waals surface area contributed by atoms with E-state index in [1.54, 1.807) is 13.0 Å². The molecule has 0 heterocycles. The number of carbonyl (C=O) groups is 1. The number of halogens is 3. The maximum Gasteiger partial charge on any atom is 0.301 e. The zero-order valence-corrected chi connectivity index (χ0v) is 23.0. The number of nitrogens with one attached hydrogen (secondary N) is 3. The largest absolute Gasteiger partial charge is 0.456 e. The van der Waals surface area contributed by atoms with Crippen molar-refractivity contribution in [1.29, 1.82) is 0 Å². The van der Waals surface area contributed by atoms with Crippen LogP contribution < -0.4 is 20.1 Å². The van der Waals surface area contributed by atoms with Gasteiger partial charge < -0.3 is 20.5 Å². The molecule has 0 aliphatic heterocycles. The topological polar surface area (TPSA) is 120 Å². The van der Waals surface area contributed by atoms with Crippen LogP contribution in [-0.2, 0) is 10.2 Å². The Kier molecular flexibility index (Phi) is 9.28. The number of hydrogen-bond acceptors (Lipinski definition) is 6. The van der Waals surface area contributed by atoms with Gasteiger partial charge in [-0.2, -0.15) is 12.7 Å². The first-order valence-electron chi connectivity index (χ1n) is 10.8. The van der Waals surface area contributed by atoms with E-state index in [0.717, 1.165) is 16.4 Å². The van der Waals surface area contributed by atoms with Crippen LogP contribution in [0.1, 0.15) is 17.3 Å². The van der Waals surface area contributed by atoms with Crippen molar-refractivity contribution in [2.75, 3.05) is 30.7 Å². The molecule has 1 amide bonds. The Labute approximate surface area is 227 Å². The average molecular weight is 646 g/mol. The van der Waals surface area contributed by atoms with Gasteiger partial charge in [0.25, 0.3) is 5.91 Å². The number of anilines is 3. The molecular weight excluding hydrogens is 621 g/mol. The molecule has 0 aliphatic rings. The highest BCUT2D eigenvalue weighted by molar-refractivity contribution is 14.1. The van der Waals surface area contributed by atoms with Crippen molar-refractivity contribution >= 4 is 55.8 Å². The second-order valence-electron chi connectivity index (χ2n) is 8.15. The number of carbonyl (C=O) groups excluding carboxylic acids is 1. The third-order valence-electron chi connectivity index (χ3n) is 4.94. The minimum absolute atomic E-state index is 0.00121. The van der Waals surface area contributed by atoms with Crippen LogP contribution in [0.3, 0.4) is 0 Å². The SMILES string of the molecule is CC(CO)NC(=O)c1c(Nc2ccc(I)cc2F)cc(F)cc1Oc1cccc(NS(=O)(=O)N(C)C)c1. The van der Waals surface area contributed by atoms with Crippen LogP contribution in [0.4, 0.5) is 25.8 Å². The zero-order valence-electron chi connectivity index (χ0n) is 20.1. The Balaban J connectivity index is 2.06. The Morgan fingerprint density at radius 3 is 2.49 bits per heavy atom. The van der Waals surface area contributed by atoms with E-state index in [4.69, 9.17) is 4.74 Å². The Bertz CT molecular complexity index is 1410. The fourth-order valence-electron chi connectivity index (χ4n) is 3.06. The molecule has 3 rings (SSSR count). The van der Waals surface area contributed by atoms with Gasteiger partial charge in [0.15, 0.2) is 0 Å². The number of rotatable bonds is 10. The van der Waals surface area contributed by atoms with Gasteiger partial charge in [0.05, 0.1) is 23.7 Å². The maximum atomic E-state index is 14.7. The molecule has 0 spiro atoms. The minimum atomic E-state index is -3.80. The molecular formula is C24H25F2IN4O5S. The number of aliphatic hydroxyl groups is 1. The standard InChI is InChI=1S/C24H25F2IN4O5S/c1-14(13-32)28-24(33)23-21(29-20-8-7-16(27)11-19(20)26)9-15(25)10-22(23)36-18-6-4-5-17(12-18)30-37(34,35)31(2)3/h4-12,14,29-30,32H,13H2,1-3H3,(H,28,33). The Morgan fingerprint density at radius 2 is 1.84 bits per heavy atom. The molecule has 0 saturated carbocycles. The van der Waals surface area contributed by atoms with Crippen molar-refractivity contribution in [3.63, 3.8) is 0 Å². The lowest BCUT2D eigenvalue weighted by Crippen LogP contribution is -2.35. The van der Waals surface area contributed by atoms with Crippen molar-refractivity contribution in [3.05, 3.63) is 75.4 Å². The van der Waals surface area contributed by atoms with Crippen molar-refractivity contribution < 1.29 is 31.8 Å². The van der Waals surface area contributed by atoms with Gasteiger partial charge in [0.2, 0.25) is 0 Å². The van der Waals surface area contributed by atoms with E-state index in [9.17, 15) is 27.1 Å². The molecule has 4 N–H and O–H groups in total. The molecule has 3 aromatic carbocycles. The molecule has 0 aromatic heterocycles. The number of aliphatic hydroxyl groups excluding tert-OH is 1. The normalized spacial score (nSPS) is 12.2. The molecule has 1 atom stereocenters. The first-order chi connectivity index (χ1) is 17.4. The van der Waals surface area contributed by atoms with Gasteiger partial charge in [0, 0.05) is 35.8 Å². The molecule has 9 nitrogen and oxygen atoms in total. The van der Waals surface area contributed by atoms with E-state index < -0.39 is 33.8 Å². The molecule has 198 valence electrons. The lowest BCUT2D eigenvalue weighted by atomic mass is 10.1. The molecule has 3 aromatic rings. The van der Waals surface area contributed by atoms with E-state index in [1.165, 1.54) is 50.5 Å². The van der Waals surface area contributed by atoms with Crippen molar-refractivity contribution in [1.82, 2.24) is 9.62 Å². The van der Waals surface area contributed by atoms with E-state index in [2.05, 4.69) is 15.4 Å². The summed E-state index contributed by atoms with van der Waals surface area (Å²) in [6.07, 6.45) is 0. The van der Waals surface area contributed by atoms with Gasteiger partial charge in [-0.3, -0.25) is 9.52 Å². The Morgan fingerprint density at radius 1 is 1.11 bits per heavy atom. The van der Waals surface area contributed by atoms with E-state index in [1.807, 2.05) is 22.6 Å². The highest BCUT2D eigenvalue weighted by atomic mass is 127. The minimum Gasteiger partial charge on any atom is -0.456 e. The second kappa shape index (κ2) is 12.0. The summed E-state index contributed by atoms with van der Waals surface area (Å²) in [5.74, 6) is -2.23. The summed E-state index contributed by atoms with van der Waals surface area (Å²) in [5.41, 5.74) is -0.0655. The molecule has 0 fully saturated rings. The van der Waals surface area contributed by atoms with E-state index >= 15 is 0 Å². The van der Waals surface area contributed by atoms with Gasteiger partial charge in [0.1, 0.15) is 28.7 Å². The fraction of sp³-hybridized carbons (Fsp3) is 0.208. The summed E-state index contributed by atoms with van der Waals surface area (Å²) >= 11 is 1.94. The van der Waals surface area contributed by atoms with Crippen LogP contribution in [0.15, 0.2) is 54.6 Å². The van der Waals surface area contributed by atoms with E-state index in [0.29, 0.717) is 3.57 Å². The van der Waals surface area contributed by atoms with Crippen molar-refractivity contribution in [3.8, 4) is 11.5 Å². The highest BCUT2D eigenvalue weighted by Crippen LogP contribution is 2.35. The van der Waals surface area contributed by atoms with Gasteiger partial charge in [-0.1, -0.05) is 6.07 Å². The van der Waals surface area contributed by atoms with Crippen LogP contribution in [0.5, 0.6) is 11.5 Å². The number of nitrogens with zero attached hydrogens (tertiary/aromatic N) is 1. The van der Waals surface area contributed by atoms with Crippen LogP contribution >= 0.6 is 22.6 Å². The number of benzene rings is 3. The van der Waals surface area contributed by atoms with Crippen LogP contribution in [0, 0.1) is 15.2 Å². The smallest absolute Gasteiger partial charge is 0.301 e. The van der Waals surface area contributed by atoms with Gasteiger partial charge in [-0.05, 0) is 65.9 Å². The first kappa shape index (κ1) is 28.6. The second-order valence-corrected chi connectivity index (χ2v) is 11.3. The molecule has 0 bridgehead atoms. The zero-order chi connectivity index (χ0) is 27.3. The first-order valence-corrected chi connectivity index (χ1v) is 13.4. The molecule has 13 heteroatoms. The van der Waals surface area contributed by atoms with Crippen LogP contribution in [0.25, 0.3) is 0 Å². The molecule has 0 aliphatic carbocycles. The summed E-state index contributed by atoms with van der Waals surface area (Å²) in [7, 11) is -1.08. The van der Waals surface area contributed by atoms with Crippen molar-refractivity contribution in [2.24, 2.45) is 0 Å². The van der Waals surface area contributed by atoms with Gasteiger partial charge in [-0.15, -0.1) is 0 Å². The summed E-state index contributed by atoms with van der Waals surface area (Å²) < 4.78 is 63.4. The Hall–Kier alpha value is -3.01. The summed E-state index contributed by atoms with van der Waals surface area (Å²) in [5, 5.41) is 14.7. The number of hydrogen-bond donors (Lipinski definition) is 4. The molecule has 0 radical (unpaired) electrons. The van der Waals surface area contributed by atoms with Gasteiger partial charge in [-0.25, -0.2) is 8.78 Å².